The van der Waals surface area contributed by atoms with Crippen LogP contribution in [0.5, 0.6) is 5.75 Å². The van der Waals surface area contributed by atoms with Crippen LogP contribution in [0.1, 0.15) is 22.3 Å². The van der Waals surface area contributed by atoms with Gasteiger partial charge in [-0.2, -0.15) is 0 Å². The Labute approximate surface area is 144 Å². The molecule has 0 saturated carbocycles. The molecular weight excluding hydrogens is 318 g/mol. The van der Waals surface area contributed by atoms with Gasteiger partial charge < -0.3 is 20.2 Å². The van der Waals surface area contributed by atoms with E-state index in [-0.39, 0.29) is 17.5 Å². The van der Waals surface area contributed by atoms with E-state index in [0.717, 1.165) is 17.0 Å². The Kier molecular flexibility index (Phi) is 3.65. The van der Waals surface area contributed by atoms with Gasteiger partial charge in [0, 0.05) is 17.2 Å². The summed E-state index contributed by atoms with van der Waals surface area (Å²) < 4.78 is 11.2. The quantitative estimate of drug-likeness (QED) is 0.896. The number of primary amides is 1. The fraction of sp³-hybridized carbons (Fsp3) is 0.158. The molecule has 0 bridgehead atoms. The number of nitrogens with zero attached hydrogens (tertiary/aromatic N) is 1. The third-order valence-electron chi connectivity index (χ3n) is 4.41. The Morgan fingerprint density at radius 1 is 1.24 bits per heavy atom. The van der Waals surface area contributed by atoms with E-state index in [9.17, 15) is 4.79 Å². The summed E-state index contributed by atoms with van der Waals surface area (Å²) in [7, 11) is 1.60. The molecular formula is C19H17N3O3. The van der Waals surface area contributed by atoms with Gasteiger partial charge in [-0.15, -0.1) is 0 Å². The van der Waals surface area contributed by atoms with Gasteiger partial charge in [0.1, 0.15) is 5.75 Å². The summed E-state index contributed by atoms with van der Waals surface area (Å²) in [5.74, 6) is 0.988. The van der Waals surface area contributed by atoms with Crippen molar-refractivity contribution in [3.63, 3.8) is 0 Å². The fourth-order valence-corrected chi connectivity index (χ4v) is 3.14. The molecule has 2 unspecified atom stereocenters. The summed E-state index contributed by atoms with van der Waals surface area (Å²) in [6.45, 7) is 0. The Balaban J connectivity index is 1.75. The lowest BCUT2D eigenvalue weighted by Crippen LogP contribution is -2.17. The predicted octanol–water partition coefficient (Wildman–Crippen LogP) is 2.72. The zero-order chi connectivity index (χ0) is 17.4. The summed E-state index contributed by atoms with van der Waals surface area (Å²) in [6, 6.07) is 7.23. The molecule has 1 aliphatic carbocycles. The minimum absolute atomic E-state index is 0.0867. The number of benzene rings is 1. The van der Waals surface area contributed by atoms with Crippen LogP contribution in [-0.4, -0.2) is 18.0 Å². The Bertz CT molecular complexity index is 906. The van der Waals surface area contributed by atoms with E-state index in [1.165, 1.54) is 0 Å². The topological polar surface area (TPSA) is 90.4 Å². The zero-order valence-corrected chi connectivity index (χ0v) is 13.6. The molecule has 2 aromatic rings. The van der Waals surface area contributed by atoms with Crippen LogP contribution in [0.2, 0.25) is 0 Å². The summed E-state index contributed by atoms with van der Waals surface area (Å²) >= 11 is 0. The van der Waals surface area contributed by atoms with Crippen LogP contribution in [0.3, 0.4) is 0 Å². The summed E-state index contributed by atoms with van der Waals surface area (Å²) in [5, 5.41) is 3.20. The van der Waals surface area contributed by atoms with Crippen molar-refractivity contribution < 1.29 is 13.9 Å². The number of ether oxygens (including phenoxy) is 1. The molecule has 1 amide bonds. The molecule has 2 atom stereocenters. The Hall–Kier alpha value is -3.28. The number of aromatic nitrogens is 1. The van der Waals surface area contributed by atoms with Gasteiger partial charge in [-0.3, -0.25) is 4.79 Å². The number of carbonyl (C=O) groups is 1. The van der Waals surface area contributed by atoms with Crippen LogP contribution in [0, 0.1) is 5.92 Å². The van der Waals surface area contributed by atoms with Crippen molar-refractivity contribution in [2.24, 2.45) is 11.7 Å². The number of rotatable bonds is 4. The van der Waals surface area contributed by atoms with E-state index < -0.39 is 5.91 Å². The maximum Gasteiger partial charge on any atom is 0.271 e. The molecule has 0 spiro atoms. The van der Waals surface area contributed by atoms with E-state index in [4.69, 9.17) is 14.9 Å². The van der Waals surface area contributed by atoms with Gasteiger partial charge in [-0.1, -0.05) is 18.2 Å². The van der Waals surface area contributed by atoms with Gasteiger partial charge in [0.05, 0.1) is 13.0 Å². The van der Waals surface area contributed by atoms with Crippen LogP contribution < -0.4 is 15.8 Å². The minimum Gasteiger partial charge on any atom is -0.497 e. The van der Waals surface area contributed by atoms with E-state index in [2.05, 4.69) is 16.4 Å². The highest BCUT2D eigenvalue weighted by molar-refractivity contribution is 5.96. The first kappa shape index (κ1) is 15.3. The average molecular weight is 335 g/mol. The number of nitrogens with one attached hydrogen (secondary N) is 1. The molecule has 1 aromatic heterocycles. The molecule has 1 aromatic carbocycles. The second-order valence-corrected chi connectivity index (χ2v) is 5.88. The molecule has 2 heterocycles. The maximum atomic E-state index is 11.9. The monoisotopic (exact) mass is 335 g/mol. The molecule has 0 saturated heterocycles. The van der Waals surface area contributed by atoms with Gasteiger partial charge in [0.2, 0.25) is 5.89 Å². The molecule has 126 valence electrons. The highest BCUT2D eigenvalue weighted by Crippen LogP contribution is 2.38. The second-order valence-electron chi connectivity index (χ2n) is 5.88. The number of oxazole rings is 1. The Morgan fingerprint density at radius 3 is 2.76 bits per heavy atom. The standard InChI is InChI=1S/C19H17N3O3/c1-24-12-7-5-11(6-8-12)17-16(18(20)23)22-19(25-17)14-3-2-4-15-13(14)9-10-21-15/h2-10,13-14,21H,1H3,(H2,20,23). The lowest BCUT2D eigenvalue weighted by molar-refractivity contribution is 0.0996. The van der Waals surface area contributed by atoms with Gasteiger partial charge in [-0.05, 0) is 36.5 Å². The van der Waals surface area contributed by atoms with E-state index >= 15 is 0 Å². The number of nitrogens with two attached hydrogens (primary N) is 1. The number of hydrogen-bond acceptors (Lipinski definition) is 5. The number of hydrogen-bond donors (Lipinski definition) is 2. The lowest BCUT2D eigenvalue weighted by atomic mass is 9.87. The largest absolute Gasteiger partial charge is 0.497 e. The van der Waals surface area contributed by atoms with Crippen LogP contribution in [0.4, 0.5) is 0 Å². The number of amides is 1. The first-order chi connectivity index (χ1) is 12.2. The number of carbonyl (C=O) groups excluding carboxylic acids is 1. The number of methoxy groups -OCH3 is 1. The predicted molar refractivity (Wildman–Crippen MR) is 92.7 cm³/mol. The first-order valence-electron chi connectivity index (χ1n) is 7.94. The summed E-state index contributed by atoms with van der Waals surface area (Å²) in [5.41, 5.74) is 7.46. The Morgan fingerprint density at radius 2 is 2.04 bits per heavy atom. The number of fused-ring (bicyclic) bond motifs is 1. The molecule has 4 rings (SSSR count). The molecule has 0 fully saturated rings. The van der Waals surface area contributed by atoms with Crippen molar-refractivity contribution in [2.75, 3.05) is 7.11 Å². The molecule has 1 aliphatic heterocycles. The molecule has 2 aliphatic rings. The summed E-state index contributed by atoms with van der Waals surface area (Å²) in [6.07, 6.45) is 9.95. The van der Waals surface area contributed by atoms with Crippen LogP contribution in [0.25, 0.3) is 11.3 Å². The van der Waals surface area contributed by atoms with E-state index in [1.807, 2.05) is 36.6 Å². The smallest absolute Gasteiger partial charge is 0.271 e. The van der Waals surface area contributed by atoms with Gasteiger partial charge in [0.15, 0.2) is 11.5 Å². The third-order valence-corrected chi connectivity index (χ3v) is 4.41. The van der Waals surface area contributed by atoms with E-state index in [0.29, 0.717) is 11.7 Å². The van der Waals surface area contributed by atoms with Gasteiger partial charge in [-0.25, -0.2) is 4.98 Å². The minimum atomic E-state index is -0.614. The average Bonchev–Trinajstić information content (AvgIpc) is 3.28. The van der Waals surface area contributed by atoms with Crippen LogP contribution in [-0.2, 0) is 0 Å². The van der Waals surface area contributed by atoms with Gasteiger partial charge >= 0.3 is 0 Å². The highest BCUT2D eigenvalue weighted by atomic mass is 16.5. The van der Waals surface area contributed by atoms with Crippen molar-refractivity contribution in [1.29, 1.82) is 0 Å². The number of allylic oxidation sites excluding steroid dienone is 4. The normalized spacial score (nSPS) is 20.8. The van der Waals surface area contributed by atoms with Crippen molar-refractivity contribution in [3.8, 4) is 17.1 Å². The summed E-state index contributed by atoms with van der Waals surface area (Å²) in [4.78, 5) is 16.3. The molecule has 6 heteroatoms. The van der Waals surface area contributed by atoms with Crippen molar-refractivity contribution in [3.05, 3.63) is 72.1 Å². The lowest BCUT2D eigenvalue weighted by Gasteiger charge is -2.20. The van der Waals surface area contributed by atoms with E-state index in [1.54, 1.807) is 19.2 Å². The highest BCUT2D eigenvalue weighted by Gasteiger charge is 2.32. The maximum absolute atomic E-state index is 11.9. The van der Waals surface area contributed by atoms with Crippen molar-refractivity contribution in [1.82, 2.24) is 10.3 Å². The third kappa shape index (κ3) is 2.61. The molecule has 6 nitrogen and oxygen atoms in total. The van der Waals surface area contributed by atoms with Crippen LogP contribution >= 0.6 is 0 Å². The SMILES string of the molecule is COc1ccc(-c2oc(C3C=CC=C4NC=CC43)nc2C(N)=O)cc1. The molecule has 0 radical (unpaired) electrons. The van der Waals surface area contributed by atoms with Gasteiger partial charge in [0.25, 0.3) is 5.91 Å². The zero-order valence-electron chi connectivity index (χ0n) is 13.6. The van der Waals surface area contributed by atoms with Crippen molar-refractivity contribution in [2.45, 2.75) is 5.92 Å². The molecule has 3 N–H and O–H groups in total. The van der Waals surface area contributed by atoms with Crippen molar-refractivity contribution >= 4 is 5.91 Å². The molecule has 25 heavy (non-hydrogen) atoms. The second kappa shape index (κ2) is 5.98. The first-order valence-corrected chi connectivity index (χ1v) is 7.94. The van der Waals surface area contributed by atoms with Crippen LogP contribution in [0.15, 0.2) is 64.9 Å². The fourth-order valence-electron chi connectivity index (χ4n) is 3.14.